The van der Waals surface area contributed by atoms with Gasteiger partial charge < -0.3 is 9.47 Å². The van der Waals surface area contributed by atoms with Crippen LogP contribution in [0.25, 0.3) is 0 Å². The number of alkyl halides is 1. The third kappa shape index (κ3) is 6.48. The largest absolute Gasteiger partial charge is 0.493 e. The SMILES string of the molecule is C/C=C(\C=C(/CC)OCc1ccccc1)OCCBr. The minimum Gasteiger partial charge on any atom is -0.493 e. The maximum atomic E-state index is 5.82. The van der Waals surface area contributed by atoms with Gasteiger partial charge >= 0.3 is 0 Å². The Balaban J connectivity index is 2.56. The number of halogens is 1. The third-order valence-electron chi connectivity index (χ3n) is 2.55. The van der Waals surface area contributed by atoms with E-state index in [4.69, 9.17) is 9.47 Å². The molecule has 0 bridgehead atoms. The number of benzene rings is 1. The molecule has 0 heterocycles. The zero-order valence-electron chi connectivity index (χ0n) is 11.6. The molecule has 0 spiro atoms. The first kappa shape index (κ1) is 15.8. The van der Waals surface area contributed by atoms with Crippen LogP contribution in [0.1, 0.15) is 25.8 Å². The van der Waals surface area contributed by atoms with Crippen LogP contribution in [-0.4, -0.2) is 11.9 Å². The molecule has 3 heteroatoms. The molecule has 0 aliphatic heterocycles. The Labute approximate surface area is 124 Å². The van der Waals surface area contributed by atoms with Crippen molar-refractivity contribution in [2.24, 2.45) is 0 Å². The van der Waals surface area contributed by atoms with Crippen LogP contribution < -0.4 is 0 Å². The smallest absolute Gasteiger partial charge is 0.118 e. The van der Waals surface area contributed by atoms with E-state index in [1.165, 1.54) is 5.56 Å². The van der Waals surface area contributed by atoms with Gasteiger partial charge in [-0.05, 0) is 18.6 Å². The van der Waals surface area contributed by atoms with Gasteiger partial charge in [0.05, 0.1) is 12.4 Å². The van der Waals surface area contributed by atoms with Gasteiger partial charge in [0.2, 0.25) is 0 Å². The van der Waals surface area contributed by atoms with Crippen molar-refractivity contribution in [2.75, 3.05) is 11.9 Å². The lowest BCUT2D eigenvalue weighted by Crippen LogP contribution is -1.97. The summed E-state index contributed by atoms with van der Waals surface area (Å²) in [6.45, 7) is 5.29. The molecular weight excluding hydrogens is 304 g/mol. The second-order valence-corrected chi connectivity index (χ2v) is 4.76. The van der Waals surface area contributed by atoms with Gasteiger partial charge in [0.15, 0.2) is 0 Å². The van der Waals surface area contributed by atoms with E-state index in [9.17, 15) is 0 Å². The molecule has 0 fully saturated rings. The van der Waals surface area contributed by atoms with Crippen LogP contribution in [0, 0.1) is 0 Å². The monoisotopic (exact) mass is 324 g/mol. The number of rotatable bonds is 8. The van der Waals surface area contributed by atoms with Crippen molar-refractivity contribution in [1.82, 2.24) is 0 Å². The Bertz CT molecular complexity index is 410. The molecule has 0 atom stereocenters. The van der Waals surface area contributed by atoms with E-state index in [2.05, 4.69) is 35.0 Å². The first-order valence-electron chi connectivity index (χ1n) is 6.52. The number of allylic oxidation sites excluding steroid dienone is 3. The molecule has 0 N–H and O–H groups in total. The molecule has 1 aromatic carbocycles. The number of ether oxygens (including phenoxy) is 2. The van der Waals surface area contributed by atoms with Crippen LogP contribution in [-0.2, 0) is 16.1 Å². The Morgan fingerprint density at radius 3 is 2.53 bits per heavy atom. The van der Waals surface area contributed by atoms with Crippen molar-refractivity contribution >= 4 is 15.9 Å². The Morgan fingerprint density at radius 2 is 1.95 bits per heavy atom. The van der Waals surface area contributed by atoms with Gasteiger partial charge in [0, 0.05) is 17.8 Å². The van der Waals surface area contributed by atoms with Crippen LogP contribution in [0.2, 0.25) is 0 Å². The van der Waals surface area contributed by atoms with Crippen molar-refractivity contribution in [2.45, 2.75) is 26.9 Å². The van der Waals surface area contributed by atoms with Crippen LogP contribution >= 0.6 is 15.9 Å². The second-order valence-electron chi connectivity index (χ2n) is 3.97. The fourth-order valence-electron chi connectivity index (χ4n) is 1.52. The summed E-state index contributed by atoms with van der Waals surface area (Å²) in [5.74, 6) is 1.79. The quantitative estimate of drug-likeness (QED) is 0.388. The molecule has 0 saturated carbocycles. The number of hydrogen-bond acceptors (Lipinski definition) is 2. The average molecular weight is 325 g/mol. The zero-order chi connectivity index (χ0) is 13.9. The fraction of sp³-hybridized carbons (Fsp3) is 0.375. The molecule has 0 radical (unpaired) electrons. The summed E-state index contributed by atoms with van der Waals surface area (Å²) >= 11 is 3.35. The van der Waals surface area contributed by atoms with E-state index < -0.39 is 0 Å². The van der Waals surface area contributed by atoms with Crippen LogP contribution in [0.4, 0.5) is 0 Å². The number of hydrogen-bond donors (Lipinski definition) is 0. The summed E-state index contributed by atoms with van der Waals surface area (Å²) < 4.78 is 11.4. The normalized spacial score (nSPS) is 12.4. The molecule has 0 aromatic heterocycles. The molecule has 1 aromatic rings. The highest BCUT2D eigenvalue weighted by Crippen LogP contribution is 2.12. The highest BCUT2D eigenvalue weighted by molar-refractivity contribution is 9.09. The van der Waals surface area contributed by atoms with Crippen molar-refractivity contribution in [3.63, 3.8) is 0 Å². The van der Waals surface area contributed by atoms with Crippen molar-refractivity contribution in [1.29, 1.82) is 0 Å². The molecule has 2 nitrogen and oxygen atoms in total. The zero-order valence-corrected chi connectivity index (χ0v) is 13.2. The summed E-state index contributed by atoms with van der Waals surface area (Å²) in [5, 5.41) is 0.824. The van der Waals surface area contributed by atoms with E-state index in [1.54, 1.807) is 0 Å². The average Bonchev–Trinajstić information content (AvgIpc) is 2.47. The topological polar surface area (TPSA) is 18.5 Å². The molecular formula is C16H21BrO2. The van der Waals surface area contributed by atoms with Gasteiger partial charge in [-0.1, -0.05) is 53.2 Å². The van der Waals surface area contributed by atoms with Gasteiger partial charge in [-0.2, -0.15) is 0 Å². The van der Waals surface area contributed by atoms with Crippen molar-refractivity contribution in [3.8, 4) is 0 Å². The van der Waals surface area contributed by atoms with E-state index >= 15 is 0 Å². The standard InChI is InChI=1S/C16H21BrO2/c1-3-15(18-11-10-17)12-16(4-2)19-13-14-8-6-5-7-9-14/h3,5-9,12H,4,10-11,13H2,1-2H3/b15-3+,16-12+. The predicted octanol–water partition coefficient (Wildman–Crippen LogP) is 4.81. The maximum Gasteiger partial charge on any atom is 0.118 e. The molecule has 0 aliphatic rings. The van der Waals surface area contributed by atoms with Gasteiger partial charge in [0.25, 0.3) is 0 Å². The minimum atomic E-state index is 0.593. The van der Waals surface area contributed by atoms with Crippen LogP contribution in [0.5, 0.6) is 0 Å². The van der Waals surface area contributed by atoms with Gasteiger partial charge in [-0.25, -0.2) is 0 Å². The van der Waals surface area contributed by atoms with Gasteiger partial charge in [-0.3, -0.25) is 0 Å². The lowest BCUT2D eigenvalue weighted by Gasteiger charge is -2.11. The molecule has 0 amide bonds. The third-order valence-corrected chi connectivity index (χ3v) is 2.87. The van der Waals surface area contributed by atoms with Gasteiger partial charge in [-0.15, -0.1) is 0 Å². The fourth-order valence-corrected chi connectivity index (χ4v) is 1.68. The van der Waals surface area contributed by atoms with E-state index in [0.717, 1.165) is 23.3 Å². The summed E-state index contributed by atoms with van der Waals surface area (Å²) in [5.41, 5.74) is 1.17. The van der Waals surface area contributed by atoms with E-state index in [0.29, 0.717) is 13.2 Å². The first-order chi connectivity index (χ1) is 9.30. The maximum absolute atomic E-state index is 5.82. The molecule has 0 saturated heterocycles. The second kappa shape index (κ2) is 9.68. The van der Waals surface area contributed by atoms with E-state index in [1.807, 2.05) is 37.3 Å². The van der Waals surface area contributed by atoms with Gasteiger partial charge in [0.1, 0.15) is 12.4 Å². The lowest BCUT2D eigenvalue weighted by molar-refractivity contribution is 0.185. The Morgan fingerprint density at radius 1 is 1.21 bits per heavy atom. The molecule has 104 valence electrons. The Kier molecular flexibility index (Phi) is 8.07. The molecule has 0 unspecified atom stereocenters. The summed E-state index contributed by atoms with van der Waals surface area (Å²) in [4.78, 5) is 0. The van der Waals surface area contributed by atoms with Crippen LogP contribution in [0.3, 0.4) is 0 Å². The lowest BCUT2D eigenvalue weighted by atomic mass is 10.2. The van der Waals surface area contributed by atoms with Crippen molar-refractivity contribution < 1.29 is 9.47 Å². The molecule has 19 heavy (non-hydrogen) atoms. The summed E-state index contributed by atoms with van der Waals surface area (Å²) in [6.07, 6.45) is 4.76. The van der Waals surface area contributed by atoms with E-state index in [-0.39, 0.29) is 0 Å². The predicted molar refractivity (Wildman–Crippen MR) is 83.1 cm³/mol. The summed E-state index contributed by atoms with van der Waals surface area (Å²) in [6, 6.07) is 10.2. The highest BCUT2D eigenvalue weighted by Gasteiger charge is 2.00. The summed E-state index contributed by atoms with van der Waals surface area (Å²) in [7, 11) is 0. The minimum absolute atomic E-state index is 0.593. The van der Waals surface area contributed by atoms with Crippen LogP contribution in [0.15, 0.2) is 54.0 Å². The highest BCUT2D eigenvalue weighted by atomic mass is 79.9. The van der Waals surface area contributed by atoms with Crippen molar-refractivity contribution in [3.05, 3.63) is 59.6 Å². The Hall–Kier alpha value is -1.22. The molecule has 0 aliphatic carbocycles. The molecule has 1 rings (SSSR count). The first-order valence-corrected chi connectivity index (χ1v) is 7.64.